The lowest BCUT2D eigenvalue weighted by molar-refractivity contribution is 0.0947. The Kier molecular flexibility index (Phi) is 3.81. The summed E-state index contributed by atoms with van der Waals surface area (Å²) < 4.78 is 5.09. The molecule has 3 rings (SSSR count). The molecule has 5 heteroatoms. The molecule has 0 atom stereocenters. The predicted molar refractivity (Wildman–Crippen MR) is 78.2 cm³/mol. The van der Waals surface area contributed by atoms with Crippen LogP contribution in [-0.2, 0) is 6.54 Å². The standard InChI is InChI=1S/C16H17N3O2/c1-21-16-14(3-2-6-18-16)15(20)19-9-11-7-13(10-17-8-11)12-4-5-12/h2-3,6-8,10,12H,4-5,9H2,1H3,(H,19,20). The van der Waals surface area contributed by atoms with Gasteiger partial charge in [0.25, 0.3) is 5.91 Å². The molecule has 1 aliphatic carbocycles. The van der Waals surface area contributed by atoms with Gasteiger partial charge in [0, 0.05) is 25.1 Å². The summed E-state index contributed by atoms with van der Waals surface area (Å²) in [4.78, 5) is 20.4. The minimum atomic E-state index is -0.197. The van der Waals surface area contributed by atoms with Crippen LogP contribution in [0, 0.1) is 0 Å². The largest absolute Gasteiger partial charge is 0.480 e. The summed E-state index contributed by atoms with van der Waals surface area (Å²) in [5.41, 5.74) is 2.71. The smallest absolute Gasteiger partial charge is 0.257 e. The number of carbonyl (C=O) groups excluding carboxylic acids is 1. The second kappa shape index (κ2) is 5.91. The molecule has 0 unspecified atom stereocenters. The van der Waals surface area contributed by atoms with E-state index in [0.29, 0.717) is 23.9 Å². The fourth-order valence-corrected chi connectivity index (χ4v) is 2.25. The lowest BCUT2D eigenvalue weighted by atomic mass is 10.1. The minimum Gasteiger partial charge on any atom is -0.480 e. The van der Waals surface area contributed by atoms with Gasteiger partial charge in [-0.05, 0) is 42.0 Å². The molecule has 2 aromatic rings. The van der Waals surface area contributed by atoms with Crippen LogP contribution in [0.4, 0.5) is 0 Å². The Morgan fingerprint density at radius 3 is 3.05 bits per heavy atom. The molecule has 1 fully saturated rings. The molecule has 1 N–H and O–H groups in total. The highest BCUT2D eigenvalue weighted by Gasteiger charge is 2.23. The molecule has 0 saturated heterocycles. The second-order valence-electron chi connectivity index (χ2n) is 5.14. The fourth-order valence-electron chi connectivity index (χ4n) is 2.25. The Labute approximate surface area is 123 Å². The summed E-state index contributed by atoms with van der Waals surface area (Å²) in [7, 11) is 1.50. The molecule has 5 nitrogen and oxygen atoms in total. The van der Waals surface area contributed by atoms with Crippen LogP contribution in [0.5, 0.6) is 5.88 Å². The zero-order valence-corrected chi connectivity index (χ0v) is 11.9. The van der Waals surface area contributed by atoms with Crippen LogP contribution in [0.2, 0.25) is 0 Å². The van der Waals surface area contributed by atoms with E-state index in [1.54, 1.807) is 24.5 Å². The molecule has 0 aliphatic heterocycles. The lowest BCUT2D eigenvalue weighted by Gasteiger charge is -2.08. The topological polar surface area (TPSA) is 64.1 Å². The van der Waals surface area contributed by atoms with Gasteiger partial charge < -0.3 is 10.1 Å². The van der Waals surface area contributed by atoms with Crippen molar-refractivity contribution in [2.24, 2.45) is 0 Å². The number of hydrogen-bond donors (Lipinski definition) is 1. The van der Waals surface area contributed by atoms with E-state index < -0.39 is 0 Å². The molecule has 0 bridgehead atoms. The quantitative estimate of drug-likeness (QED) is 0.914. The third-order valence-electron chi connectivity index (χ3n) is 3.53. The number of nitrogens with zero attached hydrogens (tertiary/aromatic N) is 2. The molecule has 1 aliphatic rings. The highest BCUT2D eigenvalue weighted by molar-refractivity contribution is 5.96. The number of carbonyl (C=O) groups is 1. The van der Waals surface area contributed by atoms with Gasteiger partial charge in [-0.15, -0.1) is 0 Å². The Morgan fingerprint density at radius 2 is 2.29 bits per heavy atom. The molecule has 108 valence electrons. The van der Waals surface area contributed by atoms with Gasteiger partial charge in [0.15, 0.2) is 0 Å². The number of pyridine rings is 2. The third kappa shape index (κ3) is 3.18. The van der Waals surface area contributed by atoms with Crippen LogP contribution in [-0.4, -0.2) is 23.0 Å². The van der Waals surface area contributed by atoms with Gasteiger partial charge in [-0.3, -0.25) is 9.78 Å². The molecule has 0 spiro atoms. The summed E-state index contributed by atoms with van der Waals surface area (Å²) in [5.74, 6) is 0.795. The van der Waals surface area contributed by atoms with E-state index >= 15 is 0 Å². The van der Waals surface area contributed by atoms with Crippen molar-refractivity contribution in [1.82, 2.24) is 15.3 Å². The van der Waals surface area contributed by atoms with Gasteiger partial charge in [-0.25, -0.2) is 4.98 Å². The summed E-state index contributed by atoms with van der Waals surface area (Å²) >= 11 is 0. The maximum absolute atomic E-state index is 12.2. The molecular formula is C16H17N3O2. The van der Waals surface area contributed by atoms with Gasteiger partial charge in [0.05, 0.1) is 7.11 Å². The van der Waals surface area contributed by atoms with E-state index in [4.69, 9.17) is 4.74 Å². The number of hydrogen-bond acceptors (Lipinski definition) is 4. The van der Waals surface area contributed by atoms with E-state index in [-0.39, 0.29) is 5.91 Å². The highest BCUT2D eigenvalue weighted by atomic mass is 16.5. The van der Waals surface area contributed by atoms with Crippen molar-refractivity contribution in [1.29, 1.82) is 0 Å². The zero-order chi connectivity index (χ0) is 14.7. The molecule has 2 heterocycles. The average Bonchev–Trinajstić information content (AvgIpc) is 3.38. The lowest BCUT2D eigenvalue weighted by Crippen LogP contribution is -2.23. The molecule has 1 amide bonds. The van der Waals surface area contributed by atoms with Crippen LogP contribution in [0.15, 0.2) is 36.8 Å². The highest BCUT2D eigenvalue weighted by Crippen LogP contribution is 2.39. The van der Waals surface area contributed by atoms with Gasteiger partial charge in [-0.1, -0.05) is 6.07 Å². The molecule has 1 saturated carbocycles. The number of ether oxygens (including phenoxy) is 1. The van der Waals surface area contributed by atoms with Crippen molar-refractivity contribution >= 4 is 5.91 Å². The zero-order valence-electron chi connectivity index (χ0n) is 11.9. The molecule has 21 heavy (non-hydrogen) atoms. The SMILES string of the molecule is COc1ncccc1C(=O)NCc1cncc(C2CC2)c1. The Morgan fingerprint density at radius 1 is 1.43 bits per heavy atom. The van der Waals surface area contributed by atoms with Crippen LogP contribution in [0.25, 0.3) is 0 Å². The summed E-state index contributed by atoms with van der Waals surface area (Å²) in [6.45, 7) is 0.449. The number of aromatic nitrogens is 2. The van der Waals surface area contributed by atoms with Crippen LogP contribution >= 0.6 is 0 Å². The second-order valence-corrected chi connectivity index (χ2v) is 5.14. The van der Waals surface area contributed by atoms with Gasteiger partial charge in [-0.2, -0.15) is 0 Å². The van der Waals surface area contributed by atoms with E-state index in [0.717, 1.165) is 5.56 Å². The maximum Gasteiger partial charge on any atom is 0.257 e. The van der Waals surface area contributed by atoms with Gasteiger partial charge >= 0.3 is 0 Å². The normalized spacial score (nSPS) is 13.8. The van der Waals surface area contributed by atoms with Crippen LogP contribution in [0.1, 0.15) is 40.2 Å². The van der Waals surface area contributed by atoms with Crippen molar-refractivity contribution in [2.75, 3.05) is 7.11 Å². The first kappa shape index (κ1) is 13.5. The first-order chi connectivity index (χ1) is 10.3. The van der Waals surface area contributed by atoms with E-state index in [1.807, 2.05) is 6.20 Å². The van der Waals surface area contributed by atoms with Crippen molar-refractivity contribution in [3.05, 3.63) is 53.5 Å². The molecule has 0 radical (unpaired) electrons. The Bertz CT molecular complexity index is 653. The number of amides is 1. The van der Waals surface area contributed by atoms with Gasteiger partial charge in [0.2, 0.25) is 5.88 Å². The molecule has 2 aromatic heterocycles. The number of rotatable bonds is 5. The van der Waals surface area contributed by atoms with Crippen molar-refractivity contribution in [3.8, 4) is 5.88 Å². The first-order valence-electron chi connectivity index (χ1n) is 6.99. The number of nitrogens with one attached hydrogen (secondary N) is 1. The van der Waals surface area contributed by atoms with Crippen LogP contribution in [0.3, 0.4) is 0 Å². The van der Waals surface area contributed by atoms with E-state index in [2.05, 4.69) is 21.4 Å². The summed E-state index contributed by atoms with van der Waals surface area (Å²) in [5, 5.41) is 2.88. The summed E-state index contributed by atoms with van der Waals surface area (Å²) in [6.07, 6.45) is 7.77. The number of methoxy groups -OCH3 is 1. The summed E-state index contributed by atoms with van der Waals surface area (Å²) in [6, 6.07) is 5.53. The van der Waals surface area contributed by atoms with Crippen molar-refractivity contribution < 1.29 is 9.53 Å². The Balaban J connectivity index is 1.66. The van der Waals surface area contributed by atoms with Gasteiger partial charge in [0.1, 0.15) is 5.56 Å². The monoisotopic (exact) mass is 283 g/mol. The minimum absolute atomic E-state index is 0.197. The maximum atomic E-state index is 12.2. The first-order valence-corrected chi connectivity index (χ1v) is 6.99. The van der Waals surface area contributed by atoms with E-state index in [1.165, 1.54) is 25.5 Å². The predicted octanol–water partition coefficient (Wildman–Crippen LogP) is 2.29. The molecular weight excluding hydrogens is 266 g/mol. The fraction of sp³-hybridized carbons (Fsp3) is 0.312. The van der Waals surface area contributed by atoms with E-state index in [9.17, 15) is 4.79 Å². The van der Waals surface area contributed by atoms with Crippen molar-refractivity contribution in [2.45, 2.75) is 25.3 Å². The van der Waals surface area contributed by atoms with Crippen molar-refractivity contribution in [3.63, 3.8) is 0 Å². The molecule has 0 aromatic carbocycles. The third-order valence-corrected chi connectivity index (χ3v) is 3.53. The van der Waals surface area contributed by atoms with Crippen LogP contribution < -0.4 is 10.1 Å². The average molecular weight is 283 g/mol. The Hall–Kier alpha value is -2.43.